The first-order valence-corrected chi connectivity index (χ1v) is 7.69. The van der Waals surface area contributed by atoms with Crippen molar-refractivity contribution in [2.24, 2.45) is 0 Å². The summed E-state index contributed by atoms with van der Waals surface area (Å²) in [6, 6.07) is 15.0. The molecule has 22 heavy (non-hydrogen) atoms. The van der Waals surface area contributed by atoms with Crippen LogP contribution in [0.4, 0.5) is 5.69 Å². The third kappa shape index (κ3) is 4.88. The summed E-state index contributed by atoms with van der Waals surface area (Å²) >= 11 is 17.2. The van der Waals surface area contributed by atoms with E-state index in [1.807, 2.05) is 30.3 Å². The summed E-state index contributed by atoms with van der Waals surface area (Å²) in [7, 11) is 0. The fourth-order valence-corrected chi connectivity index (χ4v) is 2.48. The minimum Gasteiger partial charge on any atom is -0.358 e. The molecule has 2 aromatic carbocycles. The zero-order chi connectivity index (χ0) is 15.9. The normalized spacial score (nSPS) is 9.86. The second-order valence-corrected chi connectivity index (χ2v) is 5.83. The van der Waals surface area contributed by atoms with Crippen molar-refractivity contribution in [1.29, 1.82) is 5.26 Å². The number of thiocarbonyl (C=S) groups is 1. The van der Waals surface area contributed by atoms with Gasteiger partial charge >= 0.3 is 0 Å². The van der Waals surface area contributed by atoms with Gasteiger partial charge in [-0.1, -0.05) is 41.4 Å². The molecule has 2 aromatic rings. The molecule has 0 heterocycles. The number of rotatable bonds is 4. The van der Waals surface area contributed by atoms with Gasteiger partial charge in [-0.15, -0.1) is 0 Å². The van der Waals surface area contributed by atoms with Crippen molar-refractivity contribution >= 4 is 46.2 Å². The highest BCUT2D eigenvalue weighted by Crippen LogP contribution is 2.20. The van der Waals surface area contributed by atoms with Gasteiger partial charge in [-0.3, -0.25) is 0 Å². The van der Waals surface area contributed by atoms with E-state index in [9.17, 15) is 0 Å². The maximum absolute atomic E-state index is 8.64. The molecule has 0 aliphatic rings. The quantitative estimate of drug-likeness (QED) is 0.795. The van der Waals surface area contributed by atoms with Crippen molar-refractivity contribution in [3.63, 3.8) is 0 Å². The Balaban J connectivity index is 1.89. The largest absolute Gasteiger partial charge is 0.358 e. The van der Waals surface area contributed by atoms with Gasteiger partial charge in [0.25, 0.3) is 0 Å². The Kier molecular flexibility index (Phi) is 6.02. The second-order valence-electron chi connectivity index (χ2n) is 4.58. The summed E-state index contributed by atoms with van der Waals surface area (Å²) in [5, 5.41) is 16.5. The van der Waals surface area contributed by atoms with E-state index < -0.39 is 0 Å². The van der Waals surface area contributed by atoms with E-state index in [4.69, 9.17) is 40.7 Å². The molecule has 0 aliphatic carbocycles. The highest BCUT2D eigenvalue weighted by atomic mass is 35.5. The summed E-state index contributed by atoms with van der Waals surface area (Å²) in [6.07, 6.45) is 0.401. The van der Waals surface area contributed by atoms with Crippen LogP contribution in [0, 0.1) is 11.3 Å². The molecule has 112 valence electrons. The van der Waals surface area contributed by atoms with E-state index in [1.165, 1.54) is 0 Å². The van der Waals surface area contributed by atoms with Crippen LogP contribution in [0.2, 0.25) is 10.0 Å². The molecule has 0 amide bonds. The number of nitriles is 1. The molecule has 6 heteroatoms. The Labute approximate surface area is 144 Å². The molecule has 0 aliphatic heterocycles. The predicted octanol–water partition coefficient (Wildman–Crippen LogP) is 4.55. The van der Waals surface area contributed by atoms with E-state index >= 15 is 0 Å². The van der Waals surface area contributed by atoms with Gasteiger partial charge in [0.15, 0.2) is 5.11 Å². The Morgan fingerprint density at radius 1 is 1.14 bits per heavy atom. The maximum atomic E-state index is 8.64. The first kappa shape index (κ1) is 16.6. The van der Waals surface area contributed by atoms with E-state index in [0.717, 1.165) is 16.8 Å². The number of hydrogen-bond acceptors (Lipinski definition) is 2. The average Bonchev–Trinajstić information content (AvgIpc) is 2.49. The molecule has 0 saturated carbocycles. The Hall–Kier alpha value is -1.80. The lowest BCUT2D eigenvalue weighted by atomic mass is 10.1. The molecular formula is C16H13Cl2N3S. The molecule has 2 rings (SSSR count). The van der Waals surface area contributed by atoms with E-state index in [-0.39, 0.29) is 0 Å². The van der Waals surface area contributed by atoms with Crippen LogP contribution in [0.3, 0.4) is 0 Å². The molecule has 2 N–H and O–H groups in total. The minimum absolute atomic E-state index is 0.401. The molecule has 0 unspecified atom stereocenters. The number of halogens is 2. The van der Waals surface area contributed by atoms with Crippen LogP contribution < -0.4 is 10.6 Å². The van der Waals surface area contributed by atoms with Crippen LogP contribution in [-0.4, -0.2) is 5.11 Å². The Morgan fingerprint density at radius 3 is 2.50 bits per heavy atom. The highest BCUT2D eigenvalue weighted by molar-refractivity contribution is 7.80. The number of anilines is 1. The average molecular weight is 350 g/mol. The molecule has 0 atom stereocenters. The van der Waals surface area contributed by atoms with Gasteiger partial charge in [-0.05, 0) is 47.6 Å². The fraction of sp³-hybridized carbons (Fsp3) is 0.125. The van der Waals surface area contributed by atoms with Crippen LogP contribution in [0.1, 0.15) is 11.1 Å². The number of benzene rings is 2. The zero-order valence-corrected chi connectivity index (χ0v) is 13.9. The summed E-state index contributed by atoms with van der Waals surface area (Å²) in [5.74, 6) is 0. The van der Waals surface area contributed by atoms with Crippen molar-refractivity contribution in [2.45, 2.75) is 13.0 Å². The van der Waals surface area contributed by atoms with Crippen molar-refractivity contribution in [3.8, 4) is 6.07 Å². The summed E-state index contributed by atoms with van der Waals surface area (Å²) in [5.41, 5.74) is 2.75. The number of nitrogens with one attached hydrogen (secondary N) is 2. The lowest BCUT2D eigenvalue weighted by molar-refractivity contribution is 0.926. The van der Waals surface area contributed by atoms with E-state index in [2.05, 4.69) is 16.7 Å². The SMILES string of the molecule is N#CCc1ccc(NC(=S)NCc2ccc(Cl)cc2Cl)cc1. The molecule has 0 fully saturated rings. The van der Waals surface area contributed by atoms with E-state index in [0.29, 0.717) is 28.1 Å². The summed E-state index contributed by atoms with van der Waals surface area (Å²) in [4.78, 5) is 0. The lowest BCUT2D eigenvalue weighted by Gasteiger charge is -2.12. The van der Waals surface area contributed by atoms with Crippen LogP contribution in [0.5, 0.6) is 0 Å². The zero-order valence-electron chi connectivity index (χ0n) is 11.6. The van der Waals surface area contributed by atoms with Gasteiger partial charge < -0.3 is 10.6 Å². The highest BCUT2D eigenvalue weighted by Gasteiger charge is 2.03. The molecule has 3 nitrogen and oxygen atoms in total. The van der Waals surface area contributed by atoms with Gasteiger partial charge in [0.1, 0.15) is 0 Å². The first-order valence-electron chi connectivity index (χ1n) is 6.53. The van der Waals surface area contributed by atoms with E-state index in [1.54, 1.807) is 12.1 Å². The van der Waals surface area contributed by atoms with Crippen molar-refractivity contribution < 1.29 is 0 Å². The topological polar surface area (TPSA) is 47.9 Å². The molecule has 0 spiro atoms. The molecule has 0 saturated heterocycles. The van der Waals surface area contributed by atoms with Crippen molar-refractivity contribution in [3.05, 3.63) is 63.6 Å². The van der Waals surface area contributed by atoms with Crippen LogP contribution >= 0.6 is 35.4 Å². The monoisotopic (exact) mass is 349 g/mol. The first-order chi connectivity index (χ1) is 10.6. The molecule has 0 bridgehead atoms. The number of hydrogen-bond donors (Lipinski definition) is 2. The fourth-order valence-electron chi connectivity index (χ4n) is 1.81. The Morgan fingerprint density at radius 2 is 1.86 bits per heavy atom. The molecule has 0 radical (unpaired) electrons. The van der Waals surface area contributed by atoms with Crippen molar-refractivity contribution in [1.82, 2.24) is 5.32 Å². The summed E-state index contributed by atoms with van der Waals surface area (Å²) in [6.45, 7) is 0.508. The Bertz CT molecular complexity index is 708. The summed E-state index contributed by atoms with van der Waals surface area (Å²) < 4.78 is 0. The molecular weight excluding hydrogens is 337 g/mol. The second kappa shape index (κ2) is 8.00. The predicted molar refractivity (Wildman–Crippen MR) is 95.3 cm³/mol. The van der Waals surface area contributed by atoms with Gasteiger partial charge in [0, 0.05) is 22.3 Å². The number of nitrogens with zero attached hydrogens (tertiary/aromatic N) is 1. The van der Waals surface area contributed by atoms with Gasteiger partial charge in [0.05, 0.1) is 12.5 Å². The molecule has 0 aromatic heterocycles. The third-order valence-corrected chi connectivity index (χ3v) is 3.78. The van der Waals surface area contributed by atoms with Gasteiger partial charge in [-0.25, -0.2) is 0 Å². The maximum Gasteiger partial charge on any atom is 0.171 e. The van der Waals surface area contributed by atoms with Crippen LogP contribution in [0.25, 0.3) is 0 Å². The van der Waals surface area contributed by atoms with Crippen LogP contribution in [0.15, 0.2) is 42.5 Å². The minimum atomic E-state index is 0.401. The van der Waals surface area contributed by atoms with Gasteiger partial charge in [-0.2, -0.15) is 5.26 Å². The van der Waals surface area contributed by atoms with Crippen LogP contribution in [-0.2, 0) is 13.0 Å². The third-order valence-electron chi connectivity index (χ3n) is 2.95. The smallest absolute Gasteiger partial charge is 0.171 e. The van der Waals surface area contributed by atoms with Gasteiger partial charge in [0.2, 0.25) is 0 Å². The lowest BCUT2D eigenvalue weighted by Crippen LogP contribution is -2.27. The standard InChI is InChI=1S/C16H13Cl2N3S/c17-13-4-3-12(15(18)9-13)10-20-16(22)21-14-5-1-11(2-6-14)7-8-19/h1-6,9H,7,10H2,(H2,20,21,22). The van der Waals surface area contributed by atoms with Crippen molar-refractivity contribution in [2.75, 3.05) is 5.32 Å².